The topological polar surface area (TPSA) is 33.1 Å². The van der Waals surface area contributed by atoms with Gasteiger partial charge < -0.3 is 5.11 Å². The summed E-state index contributed by atoms with van der Waals surface area (Å²) in [6.07, 6.45) is 9.35. The Morgan fingerprint density at radius 3 is 2.30 bits per heavy atom. The van der Waals surface area contributed by atoms with Crippen LogP contribution in [0.5, 0.6) is 0 Å². The number of hydrogen-bond acceptors (Lipinski definition) is 2. The highest BCUT2D eigenvalue weighted by Crippen LogP contribution is 2.57. The van der Waals surface area contributed by atoms with E-state index in [2.05, 4.69) is 20.9 Å². The van der Waals surface area contributed by atoms with Gasteiger partial charge in [-0.2, -0.15) is 0 Å². The lowest BCUT2D eigenvalue weighted by Gasteiger charge is -2.55. The predicted octanol–water partition coefficient (Wildman–Crippen LogP) is 3.82. The van der Waals surface area contributed by atoms with Gasteiger partial charge in [0.1, 0.15) is 0 Å². The lowest BCUT2D eigenvalue weighted by atomic mass is 9.50. The molecule has 0 spiro atoms. The number of aliphatic hydroxyl groups is 1. The molecule has 0 amide bonds. The molecule has 2 nitrogen and oxygen atoms in total. The van der Waals surface area contributed by atoms with E-state index in [0.29, 0.717) is 5.92 Å². The molecule has 0 radical (unpaired) electrons. The largest absolute Gasteiger partial charge is 0.392 e. The second-order valence-electron chi connectivity index (χ2n) is 7.25. The molecule has 0 aliphatic heterocycles. The van der Waals surface area contributed by atoms with Gasteiger partial charge in [-0.05, 0) is 89.8 Å². The third-order valence-corrected chi connectivity index (χ3v) is 6.42. The van der Waals surface area contributed by atoms with Crippen LogP contribution in [0.15, 0.2) is 22.8 Å². The first-order valence-corrected chi connectivity index (χ1v) is 8.77. The summed E-state index contributed by atoms with van der Waals surface area (Å²) in [4.78, 5) is 4.42. The quantitative estimate of drug-likeness (QED) is 0.910. The number of nitrogens with zero attached hydrogens (tertiary/aromatic N) is 1. The van der Waals surface area contributed by atoms with Crippen LogP contribution < -0.4 is 0 Å². The summed E-state index contributed by atoms with van der Waals surface area (Å²) >= 11 is 3.41. The van der Waals surface area contributed by atoms with Crippen LogP contribution in [0.25, 0.3) is 0 Å². The van der Waals surface area contributed by atoms with Crippen LogP contribution in [0.2, 0.25) is 0 Å². The van der Waals surface area contributed by atoms with Crippen molar-refractivity contribution in [2.45, 2.75) is 44.6 Å². The fraction of sp³-hybridized carbons (Fsp3) is 0.706. The molecule has 4 bridgehead atoms. The second-order valence-corrected chi connectivity index (χ2v) is 8.16. The van der Waals surface area contributed by atoms with Crippen LogP contribution in [0, 0.1) is 29.6 Å². The van der Waals surface area contributed by atoms with Gasteiger partial charge in [0, 0.05) is 22.8 Å². The fourth-order valence-electron chi connectivity index (χ4n) is 5.47. The minimum absolute atomic E-state index is 0.196. The van der Waals surface area contributed by atoms with E-state index in [9.17, 15) is 5.11 Å². The Labute approximate surface area is 129 Å². The maximum atomic E-state index is 10.8. The molecule has 1 aromatic rings. The lowest BCUT2D eigenvalue weighted by Crippen LogP contribution is -2.49. The molecule has 1 aromatic heterocycles. The van der Waals surface area contributed by atoms with Crippen molar-refractivity contribution in [3.8, 4) is 0 Å². The Morgan fingerprint density at radius 2 is 1.75 bits per heavy atom. The number of rotatable bonds is 3. The van der Waals surface area contributed by atoms with Crippen LogP contribution in [0.1, 0.15) is 37.8 Å². The third kappa shape index (κ3) is 2.33. The van der Waals surface area contributed by atoms with Gasteiger partial charge in [0.25, 0.3) is 0 Å². The molecule has 1 N–H and O–H groups in total. The molecule has 4 aliphatic carbocycles. The first kappa shape index (κ1) is 13.3. The Kier molecular flexibility index (Phi) is 3.38. The van der Waals surface area contributed by atoms with Crippen LogP contribution >= 0.6 is 15.9 Å². The smallest absolute Gasteiger partial charge is 0.0629 e. The first-order valence-electron chi connectivity index (χ1n) is 7.97. The SMILES string of the molecule is OC(Cc1ccc(Br)cn1)C1C2CC3CC(C2)CC1C3. The number of aromatic nitrogens is 1. The van der Waals surface area contributed by atoms with E-state index < -0.39 is 0 Å². The molecule has 4 saturated carbocycles. The van der Waals surface area contributed by atoms with E-state index in [1.807, 2.05) is 18.3 Å². The van der Waals surface area contributed by atoms with Crippen LogP contribution in [0.4, 0.5) is 0 Å². The normalized spacial score (nSPS) is 40.0. The zero-order chi connectivity index (χ0) is 13.7. The van der Waals surface area contributed by atoms with Crippen molar-refractivity contribution in [2.75, 3.05) is 0 Å². The van der Waals surface area contributed by atoms with Crippen molar-refractivity contribution < 1.29 is 5.11 Å². The molecule has 0 aromatic carbocycles. The summed E-state index contributed by atoms with van der Waals surface area (Å²) in [5.74, 6) is 4.07. The summed E-state index contributed by atoms with van der Waals surface area (Å²) < 4.78 is 1.00. The maximum Gasteiger partial charge on any atom is 0.0629 e. The number of aliphatic hydroxyl groups excluding tert-OH is 1. The first-order chi connectivity index (χ1) is 9.69. The Bertz CT molecular complexity index is 458. The van der Waals surface area contributed by atoms with E-state index in [1.165, 1.54) is 32.1 Å². The molecular weight excluding hydrogens is 314 g/mol. The minimum Gasteiger partial charge on any atom is -0.392 e. The van der Waals surface area contributed by atoms with E-state index in [1.54, 1.807) is 0 Å². The maximum absolute atomic E-state index is 10.8. The van der Waals surface area contributed by atoms with E-state index in [4.69, 9.17) is 0 Å². The van der Waals surface area contributed by atoms with Gasteiger partial charge >= 0.3 is 0 Å². The van der Waals surface area contributed by atoms with Crippen molar-refractivity contribution in [3.05, 3.63) is 28.5 Å². The highest BCUT2D eigenvalue weighted by molar-refractivity contribution is 9.10. The van der Waals surface area contributed by atoms with Gasteiger partial charge in [0.15, 0.2) is 0 Å². The van der Waals surface area contributed by atoms with E-state index >= 15 is 0 Å². The van der Waals surface area contributed by atoms with Gasteiger partial charge in [0.2, 0.25) is 0 Å². The van der Waals surface area contributed by atoms with Crippen molar-refractivity contribution in [1.82, 2.24) is 4.98 Å². The summed E-state index contributed by atoms with van der Waals surface area (Å²) in [7, 11) is 0. The average Bonchev–Trinajstić information content (AvgIpc) is 2.40. The summed E-state index contributed by atoms with van der Waals surface area (Å²) in [6.45, 7) is 0. The van der Waals surface area contributed by atoms with E-state index in [-0.39, 0.29) is 6.10 Å². The Hall–Kier alpha value is -0.410. The molecule has 4 aliphatic rings. The average molecular weight is 336 g/mol. The second kappa shape index (κ2) is 5.10. The van der Waals surface area contributed by atoms with Crippen molar-refractivity contribution in [3.63, 3.8) is 0 Å². The summed E-state index contributed by atoms with van der Waals surface area (Å²) in [6, 6.07) is 4.05. The van der Waals surface area contributed by atoms with Crippen molar-refractivity contribution in [2.24, 2.45) is 29.6 Å². The monoisotopic (exact) mass is 335 g/mol. The number of hydrogen-bond donors (Lipinski definition) is 1. The minimum atomic E-state index is -0.196. The predicted molar refractivity (Wildman–Crippen MR) is 82.2 cm³/mol. The molecule has 1 unspecified atom stereocenters. The van der Waals surface area contributed by atoms with E-state index in [0.717, 1.165) is 40.3 Å². The molecule has 3 heteroatoms. The van der Waals surface area contributed by atoms with Crippen LogP contribution in [0.3, 0.4) is 0 Å². The third-order valence-electron chi connectivity index (χ3n) is 5.95. The standard InChI is InChI=1S/C17H22BrNO/c18-14-1-2-15(19-9-14)8-16(20)17-12-4-10-3-11(6-12)7-13(17)5-10/h1-2,9-13,16-17,20H,3-8H2. The van der Waals surface area contributed by atoms with Gasteiger partial charge in [-0.25, -0.2) is 0 Å². The highest BCUT2D eigenvalue weighted by atomic mass is 79.9. The molecule has 0 saturated heterocycles. The van der Waals surface area contributed by atoms with Crippen LogP contribution in [-0.4, -0.2) is 16.2 Å². The fourth-order valence-corrected chi connectivity index (χ4v) is 5.71. The van der Waals surface area contributed by atoms with Gasteiger partial charge in [-0.1, -0.05) is 0 Å². The Morgan fingerprint density at radius 1 is 1.10 bits per heavy atom. The van der Waals surface area contributed by atoms with Crippen LogP contribution in [-0.2, 0) is 6.42 Å². The molecule has 20 heavy (non-hydrogen) atoms. The Balaban J connectivity index is 1.48. The molecule has 5 rings (SSSR count). The molecular formula is C17H22BrNO. The molecule has 108 valence electrons. The van der Waals surface area contributed by atoms with Crippen molar-refractivity contribution in [1.29, 1.82) is 0 Å². The summed E-state index contributed by atoms with van der Waals surface area (Å²) in [5, 5.41) is 10.8. The molecule has 1 atom stereocenters. The zero-order valence-electron chi connectivity index (χ0n) is 11.7. The molecule has 1 heterocycles. The van der Waals surface area contributed by atoms with Gasteiger partial charge in [-0.15, -0.1) is 0 Å². The number of pyridine rings is 1. The zero-order valence-corrected chi connectivity index (χ0v) is 13.3. The highest BCUT2D eigenvalue weighted by Gasteiger charge is 2.50. The number of halogens is 1. The van der Waals surface area contributed by atoms with Crippen molar-refractivity contribution >= 4 is 15.9 Å². The summed E-state index contributed by atoms with van der Waals surface area (Å²) in [5.41, 5.74) is 1.02. The molecule has 4 fully saturated rings. The van der Waals surface area contributed by atoms with Gasteiger partial charge in [-0.3, -0.25) is 4.98 Å². The lowest BCUT2D eigenvalue weighted by molar-refractivity contribution is -0.0889. The van der Waals surface area contributed by atoms with Gasteiger partial charge in [0.05, 0.1) is 6.10 Å².